The van der Waals surface area contributed by atoms with Crippen molar-refractivity contribution >= 4 is 16.8 Å². The highest BCUT2D eigenvalue weighted by molar-refractivity contribution is 6.15. The molecule has 1 N–H and O–H groups in total. The third kappa shape index (κ3) is 1.59. The lowest BCUT2D eigenvalue weighted by Gasteiger charge is -2.00. The summed E-state index contributed by atoms with van der Waals surface area (Å²) in [6.07, 6.45) is 3.20. The number of halogens is 1. The van der Waals surface area contributed by atoms with Gasteiger partial charge in [-0.3, -0.25) is 4.79 Å². The van der Waals surface area contributed by atoms with E-state index in [0.717, 1.165) is 0 Å². The Labute approximate surface area is 102 Å². The number of nitrogens with zero attached hydrogens (tertiary/aromatic N) is 1. The number of benzene rings is 1. The molecule has 0 saturated carbocycles. The lowest BCUT2D eigenvalue weighted by atomic mass is 10.0. The van der Waals surface area contributed by atoms with Gasteiger partial charge in [0, 0.05) is 23.3 Å². The first-order chi connectivity index (χ1) is 8.77. The maximum atomic E-state index is 13.6. The average Bonchev–Trinajstić information content (AvgIpc) is 2.82. The molecular formula is C14H9FN2O. The summed E-state index contributed by atoms with van der Waals surface area (Å²) in [6.45, 7) is 0. The SMILES string of the molecule is O=C(c1ccccc1F)c1c[nH]c2ncccc12. The summed E-state index contributed by atoms with van der Waals surface area (Å²) in [5, 5.41) is 0.700. The highest BCUT2D eigenvalue weighted by atomic mass is 19.1. The van der Waals surface area contributed by atoms with Crippen molar-refractivity contribution in [3.8, 4) is 0 Å². The van der Waals surface area contributed by atoms with Crippen molar-refractivity contribution in [2.24, 2.45) is 0 Å². The Hall–Kier alpha value is -2.49. The zero-order valence-corrected chi connectivity index (χ0v) is 9.35. The zero-order valence-electron chi connectivity index (χ0n) is 9.35. The molecule has 0 amide bonds. The fraction of sp³-hybridized carbons (Fsp3) is 0. The number of nitrogens with one attached hydrogen (secondary N) is 1. The first-order valence-corrected chi connectivity index (χ1v) is 5.48. The Morgan fingerprint density at radius 3 is 2.78 bits per heavy atom. The second-order valence-electron chi connectivity index (χ2n) is 3.91. The van der Waals surface area contributed by atoms with E-state index in [9.17, 15) is 9.18 Å². The second kappa shape index (κ2) is 4.07. The Morgan fingerprint density at radius 2 is 1.94 bits per heavy atom. The number of H-pyrrole nitrogens is 1. The molecule has 3 nitrogen and oxygen atoms in total. The molecule has 2 heterocycles. The standard InChI is InChI=1S/C14H9FN2O/c15-12-6-2-1-4-10(12)13(18)11-8-17-14-9(11)5-3-7-16-14/h1-8H,(H,16,17). The molecule has 0 bridgehead atoms. The average molecular weight is 240 g/mol. The van der Waals surface area contributed by atoms with Crippen molar-refractivity contribution in [2.75, 3.05) is 0 Å². The summed E-state index contributed by atoms with van der Waals surface area (Å²) in [5.74, 6) is -0.854. The maximum Gasteiger partial charge on any atom is 0.198 e. The van der Waals surface area contributed by atoms with Gasteiger partial charge in [0.15, 0.2) is 5.78 Å². The highest BCUT2D eigenvalue weighted by Gasteiger charge is 2.17. The normalized spacial score (nSPS) is 10.7. The van der Waals surface area contributed by atoms with Crippen molar-refractivity contribution in [3.05, 3.63) is 65.7 Å². The molecule has 0 radical (unpaired) electrons. The van der Waals surface area contributed by atoms with Gasteiger partial charge in [-0.05, 0) is 24.3 Å². The smallest absolute Gasteiger partial charge is 0.198 e. The molecule has 88 valence electrons. The van der Waals surface area contributed by atoms with E-state index < -0.39 is 5.82 Å². The molecule has 0 aliphatic rings. The zero-order chi connectivity index (χ0) is 12.5. The van der Waals surface area contributed by atoms with E-state index in [1.807, 2.05) is 0 Å². The molecule has 0 fully saturated rings. The molecule has 4 heteroatoms. The molecule has 1 aromatic carbocycles. The molecular weight excluding hydrogens is 231 g/mol. The molecule has 0 spiro atoms. The van der Waals surface area contributed by atoms with E-state index in [4.69, 9.17) is 0 Å². The number of fused-ring (bicyclic) bond motifs is 1. The third-order valence-electron chi connectivity index (χ3n) is 2.81. The van der Waals surface area contributed by atoms with Gasteiger partial charge in [0.05, 0.1) is 5.56 Å². The molecule has 0 aliphatic heterocycles. The molecule has 3 aromatic rings. The van der Waals surface area contributed by atoms with E-state index >= 15 is 0 Å². The van der Waals surface area contributed by atoms with Gasteiger partial charge >= 0.3 is 0 Å². The van der Waals surface area contributed by atoms with E-state index in [-0.39, 0.29) is 11.3 Å². The monoisotopic (exact) mass is 240 g/mol. The van der Waals surface area contributed by atoms with Crippen LogP contribution in [0, 0.1) is 5.82 Å². The van der Waals surface area contributed by atoms with Crippen LogP contribution in [0.3, 0.4) is 0 Å². The van der Waals surface area contributed by atoms with Gasteiger partial charge in [0.1, 0.15) is 11.5 Å². The molecule has 2 aromatic heterocycles. The second-order valence-corrected chi connectivity index (χ2v) is 3.91. The Bertz CT molecular complexity index is 733. The van der Waals surface area contributed by atoms with Crippen molar-refractivity contribution in [1.82, 2.24) is 9.97 Å². The number of rotatable bonds is 2. The summed E-state index contributed by atoms with van der Waals surface area (Å²) >= 11 is 0. The van der Waals surface area contributed by atoms with Crippen LogP contribution in [0.2, 0.25) is 0 Å². The predicted molar refractivity (Wildman–Crippen MR) is 65.9 cm³/mol. The number of ketones is 1. The highest BCUT2D eigenvalue weighted by Crippen LogP contribution is 2.20. The van der Waals surface area contributed by atoms with Crippen molar-refractivity contribution in [2.45, 2.75) is 0 Å². The molecule has 0 saturated heterocycles. The van der Waals surface area contributed by atoms with Crippen LogP contribution in [-0.4, -0.2) is 15.8 Å². The summed E-state index contributed by atoms with van der Waals surface area (Å²) < 4.78 is 13.6. The Kier molecular flexibility index (Phi) is 2.41. The summed E-state index contributed by atoms with van der Waals surface area (Å²) in [5.41, 5.74) is 1.13. The number of hydrogen-bond donors (Lipinski definition) is 1. The lowest BCUT2D eigenvalue weighted by Crippen LogP contribution is -2.03. The number of hydrogen-bond acceptors (Lipinski definition) is 2. The van der Waals surface area contributed by atoms with Crippen LogP contribution in [0.1, 0.15) is 15.9 Å². The van der Waals surface area contributed by atoms with Crippen LogP contribution < -0.4 is 0 Å². The van der Waals surface area contributed by atoms with Gasteiger partial charge in [0.2, 0.25) is 0 Å². The van der Waals surface area contributed by atoms with Crippen molar-refractivity contribution in [1.29, 1.82) is 0 Å². The van der Waals surface area contributed by atoms with Crippen LogP contribution in [-0.2, 0) is 0 Å². The molecule has 3 rings (SSSR count). The van der Waals surface area contributed by atoms with E-state index in [1.54, 1.807) is 36.7 Å². The predicted octanol–water partition coefficient (Wildman–Crippen LogP) is 2.93. The van der Waals surface area contributed by atoms with Crippen LogP contribution in [0.4, 0.5) is 4.39 Å². The summed E-state index contributed by atoms with van der Waals surface area (Å²) in [4.78, 5) is 19.3. The van der Waals surface area contributed by atoms with Crippen LogP contribution in [0.25, 0.3) is 11.0 Å². The van der Waals surface area contributed by atoms with Crippen molar-refractivity contribution in [3.63, 3.8) is 0 Å². The lowest BCUT2D eigenvalue weighted by molar-refractivity contribution is 0.103. The van der Waals surface area contributed by atoms with Crippen molar-refractivity contribution < 1.29 is 9.18 Å². The topological polar surface area (TPSA) is 45.8 Å². The molecule has 18 heavy (non-hydrogen) atoms. The first kappa shape index (κ1) is 10.7. The van der Waals surface area contributed by atoms with E-state index in [2.05, 4.69) is 9.97 Å². The minimum Gasteiger partial charge on any atom is -0.345 e. The van der Waals surface area contributed by atoms with Crippen LogP contribution in [0.15, 0.2) is 48.8 Å². The van der Waals surface area contributed by atoms with Crippen LogP contribution in [0.5, 0.6) is 0 Å². The van der Waals surface area contributed by atoms with Gasteiger partial charge in [-0.1, -0.05) is 12.1 Å². The fourth-order valence-electron chi connectivity index (χ4n) is 1.93. The molecule has 0 aliphatic carbocycles. The quantitative estimate of drug-likeness (QED) is 0.700. The van der Waals surface area contributed by atoms with Gasteiger partial charge < -0.3 is 4.98 Å². The van der Waals surface area contributed by atoms with E-state index in [0.29, 0.717) is 16.6 Å². The number of carbonyl (C=O) groups is 1. The summed E-state index contributed by atoms with van der Waals surface area (Å²) in [7, 11) is 0. The summed E-state index contributed by atoms with van der Waals surface area (Å²) in [6, 6.07) is 9.49. The first-order valence-electron chi connectivity index (χ1n) is 5.48. The number of carbonyl (C=O) groups excluding carboxylic acids is 1. The molecule has 0 unspecified atom stereocenters. The van der Waals surface area contributed by atoms with Gasteiger partial charge in [-0.25, -0.2) is 9.37 Å². The number of pyridine rings is 1. The number of aromatic nitrogens is 2. The van der Waals surface area contributed by atoms with Crippen LogP contribution >= 0.6 is 0 Å². The largest absolute Gasteiger partial charge is 0.345 e. The maximum absolute atomic E-state index is 13.6. The van der Waals surface area contributed by atoms with Gasteiger partial charge in [0.25, 0.3) is 0 Å². The minimum atomic E-state index is -0.513. The Morgan fingerprint density at radius 1 is 1.11 bits per heavy atom. The van der Waals surface area contributed by atoms with Gasteiger partial charge in [-0.2, -0.15) is 0 Å². The third-order valence-corrected chi connectivity index (χ3v) is 2.81. The number of aromatic amines is 1. The fourth-order valence-corrected chi connectivity index (χ4v) is 1.93. The minimum absolute atomic E-state index is 0.0715. The molecule has 0 atom stereocenters. The Balaban J connectivity index is 2.16. The van der Waals surface area contributed by atoms with Gasteiger partial charge in [-0.15, -0.1) is 0 Å². The van der Waals surface area contributed by atoms with E-state index in [1.165, 1.54) is 12.1 Å².